The van der Waals surface area contributed by atoms with Crippen molar-refractivity contribution < 1.29 is 4.79 Å². The maximum absolute atomic E-state index is 11.6. The van der Waals surface area contributed by atoms with E-state index in [9.17, 15) is 4.79 Å². The third-order valence-corrected chi connectivity index (χ3v) is 3.86. The minimum absolute atomic E-state index is 0.350. The standard InChI is InChI=1S/C14H13N6O/c15-13(21)10-2-1-5-20(10)11-7-18-19-9-6-17-14-8(12(9)11)3-4-16-14/h2-4,6-7,10H,1,5H2,(H2,15,21)(H,16,17). The van der Waals surface area contributed by atoms with Gasteiger partial charge in [0.1, 0.15) is 17.2 Å². The Morgan fingerprint density at radius 1 is 1.43 bits per heavy atom. The van der Waals surface area contributed by atoms with Gasteiger partial charge >= 0.3 is 0 Å². The SMILES string of the molecule is NC(=O)C1[CH]CCN1c1cnnc2cnc3[nH]ccc3c12. The fraction of sp³-hybridized carbons (Fsp3) is 0.214. The lowest BCUT2D eigenvalue weighted by Crippen LogP contribution is -2.40. The maximum Gasteiger partial charge on any atom is 0.240 e. The number of primary amides is 1. The Bertz CT molecular complexity index is 842. The van der Waals surface area contributed by atoms with Gasteiger partial charge in [-0.05, 0) is 18.9 Å². The molecule has 1 aliphatic rings. The number of rotatable bonds is 2. The summed E-state index contributed by atoms with van der Waals surface area (Å²) in [5.41, 5.74) is 7.85. The molecule has 1 radical (unpaired) electrons. The molecular formula is C14H13N6O. The number of nitrogens with one attached hydrogen (secondary N) is 1. The summed E-state index contributed by atoms with van der Waals surface area (Å²) in [6.07, 6.45) is 7.96. The highest BCUT2D eigenvalue weighted by molar-refractivity contribution is 6.10. The van der Waals surface area contributed by atoms with Crippen molar-refractivity contribution in [1.82, 2.24) is 20.2 Å². The van der Waals surface area contributed by atoms with E-state index in [1.165, 1.54) is 0 Å². The summed E-state index contributed by atoms with van der Waals surface area (Å²) in [7, 11) is 0. The monoisotopic (exact) mass is 281 g/mol. The van der Waals surface area contributed by atoms with E-state index in [1.54, 1.807) is 12.4 Å². The Labute approximate surface area is 120 Å². The number of aromatic amines is 1. The first-order valence-corrected chi connectivity index (χ1v) is 6.72. The number of nitrogens with zero attached hydrogens (tertiary/aromatic N) is 4. The van der Waals surface area contributed by atoms with Gasteiger partial charge in [-0.15, -0.1) is 5.10 Å². The van der Waals surface area contributed by atoms with Crippen molar-refractivity contribution in [3.8, 4) is 0 Å². The number of carbonyl (C=O) groups is 1. The first kappa shape index (κ1) is 12.1. The summed E-state index contributed by atoms with van der Waals surface area (Å²) in [4.78, 5) is 21.0. The Kier molecular flexibility index (Phi) is 2.53. The van der Waals surface area contributed by atoms with Gasteiger partial charge in [-0.3, -0.25) is 4.79 Å². The van der Waals surface area contributed by atoms with E-state index in [4.69, 9.17) is 5.73 Å². The molecule has 1 saturated heterocycles. The second-order valence-electron chi connectivity index (χ2n) is 5.05. The molecule has 21 heavy (non-hydrogen) atoms. The smallest absolute Gasteiger partial charge is 0.240 e. The lowest BCUT2D eigenvalue weighted by Gasteiger charge is -2.25. The van der Waals surface area contributed by atoms with Crippen LogP contribution in [0.1, 0.15) is 6.42 Å². The lowest BCUT2D eigenvalue weighted by atomic mass is 10.1. The highest BCUT2D eigenvalue weighted by atomic mass is 16.1. The molecule has 105 valence electrons. The van der Waals surface area contributed by atoms with Crippen LogP contribution in [0.2, 0.25) is 0 Å². The molecule has 1 fully saturated rings. The molecule has 3 aromatic rings. The molecule has 3 aromatic heterocycles. The minimum Gasteiger partial charge on any atom is -0.368 e. The minimum atomic E-state index is -0.403. The summed E-state index contributed by atoms with van der Waals surface area (Å²) < 4.78 is 0. The number of pyridine rings is 1. The molecule has 7 heteroatoms. The summed E-state index contributed by atoms with van der Waals surface area (Å²) in [5, 5.41) is 10.1. The number of amides is 1. The molecule has 0 saturated carbocycles. The van der Waals surface area contributed by atoms with Crippen molar-refractivity contribution in [3.05, 3.63) is 31.1 Å². The van der Waals surface area contributed by atoms with Gasteiger partial charge in [-0.1, -0.05) is 0 Å². The van der Waals surface area contributed by atoms with Crippen LogP contribution >= 0.6 is 0 Å². The number of fused-ring (bicyclic) bond motifs is 3. The summed E-state index contributed by atoms with van der Waals surface area (Å²) >= 11 is 0. The van der Waals surface area contributed by atoms with E-state index in [0.717, 1.165) is 35.1 Å². The zero-order chi connectivity index (χ0) is 14.4. The summed E-state index contributed by atoms with van der Waals surface area (Å²) in [5.74, 6) is -0.350. The number of nitrogens with two attached hydrogens (primary N) is 1. The second kappa shape index (κ2) is 4.41. The van der Waals surface area contributed by atoms with Gasteiger partial charge in [0.25, 0.3) is 0 Å². The Morgan fingerprint density at radius 2 is 2.33 bits per heavy atom. The van der Waals surface area contributed by atoms with Gasteiger partial charge in [-0.2, -0.15) is 5.10 Å². The van der Waals surface area contributed by atoms with Crippen molar-refractivity contribution in [1.29, 1.82) is 0 Å². The molecule has 7 nitrogen and oxygen atoms in total. The Balaban J connectivity index is 2.00. The normalized spacial score (nSPS) is 18.7. The largest absolute Gasteiger partial charge is 0.368 e. The second-order valence-corrected chi connectivity index (χ2v) is 5.05. The van der Waals surface area contributed by atoms with Crippen molar-refractivity contribution in [3.63, 3.8) is 0 Å². The van der Waals surface area contributed by atoms with Crippen molar-refractivity contribution >= 4 is 33.5 Å². The van der Waals surface area contributed by atoms with Crippen LogP contribution in [0.25, 0.3) is 21.9 Å². The average Bonchev–Trinajstić information content (AvgIpc) is 3.15. The summed E-state index contributed by atoms with van der Waals surface area (Å²) in [6.45, 7) is 0.739. The van der Waals surface area contributed by atoms with Crippen LogP contribution in [0.4, 0.5) is 5.69 Å². The predicted molar refractivity (Wildman–Crippen MR) is 78.4 cm³/mol. The molecular weight excluding hydrogens is 268 g/mol. The van der Waals surface area contributed by atoms with Crippen LogP contribution in [-0.2, 0) is 4.79 Å². The molecule has 4 heterocycles. The average molecular weight is 281 g/mol. The van der Waals surface area contributed by atoms with Crippen molar-refractivity contribution in [2.24, 2.45) is 5.73 Å². The van der Waals surface area contributed by atoms with E-state index < -0.39 is 6.04 Å². The maximum atomic E-state index is 11.6. The molecule has 1 atom stereocenters. The van der Waals surface area contributed by atoms with Crippen LogP contribution in [0.3, 0.4) is 0 Å². The molecule has 0 aromatic carbocycles. The number of hydrogen-bond acceptors (Lipinski definition) is 5. The van der Waals surface area contributed by atoms with Crippen LogP contribution in [-0.4, -0.2) is 38.7 Å². The molecule has 0 bridgehead atoms. The van der Waals surface area contributed by atoms with Gasteiger partial charge in [-0.25, -0.2) is 4.98 Å². The van der Waals surface area contributed by atoms with Crippen LogP contribution in [0.5, 0.6) is 0 Å². The molecule has 0 aliphatic carbocycles. The molecule has 1 aliphatic heterocycles. The highest BCUT2D eigenvalue weighted by Gasteiger charge is 2.31. The third-order valence-electron chi connectivity index (χ3n) is 3.86. The van der Waals surface area contributed by atoms with Gasteiger partial charge in [0.05, 0.1) is 18.1 Å². The molecule has 0 spiro atoms. The quantitative estimate of drug-likeness (QED) is 0.722. The van der Waals surface area contributed by atoms with Crippen LogP contribution < -0.4 is 10.6 Å². The molecule has 1 amide bonds. The third kappa shape index (κ3) is 1.74. The van der Waals surface area contributed by atoms with E-state index in [0.29, 0.717) is 5.52 Å². The Hall–Kier alpha value is -2.70. The Morgan fingerprint density at radius 3 is 3.19 bits per heavy atom. The lowest BCUT2D eigenvalue weighted by molar-refractivity contribution is -0.118. The number of hydrogen-bond donors (Lipinski definition) is 2. The zero-order valence-corrected chi connectivity index (χ0v) is 11.2. The molecule has 4 rings (SSSR count). The van der Waals surface area contributed by atoms with Crippen LogP contribution in [0.15, 0.2) is 24.7 Å². The van der Waals surface area contributed by atoms with E-state index in [1.807, 2.05) is 23.6 Å². The molecule has 1 unspecified atom stereocenters. The number of aromatic nitrogens is 4. The number of carbonyl (C=O) groups excluding carboxylic acids is 1. The highest BCUT2D eigenvalue weighted by Crippen LogP contribution is 2.33. The summed E-state index contributed by atoms with van der Waals surface area (Å²) in [6, 6.07) is 1.55. The van der Waals surface area contributed by atoms with E-state index in [2.05, 4.69) is 20.2 Å². The fourth-order valence-electron chi connectivity index (χ4n) is 2.95. The predicted octanol–water partition coefficient (Wildman–Crippen LogP) is 0.774. The van der Waals surface area contributed by atoms with Gasteiger partial charge in [0.2, 0.25) is 5.91 Å². The first-order chi connectivity index (χ1) is 10.3. The van der Waals surface area contributed by atoms with E-state index in [-0.39, 0.29) is 5.91 Å². The van der Waals surface area contributed by atoms with E-state index >= 15 is 0 Å². The van der Waals surface area contributed by atoms with Gasteiger partial charge < -0.3 is 15.6 Å². The first-order valence-electron chi connectivity index (χ1n) is 6.72. The van der Waals surface area contributed by atoms with Crippen LogP contribution in [0, 0.1) is 6.42 Å². The molecule has 3 N–H and O–H groups in total. The van der Waals surface area contributed by atoms with Gasteiger partial charge in [0, 0.05) is 23.5 Å². The van der Waals surface area contributed by atoms with Gasteiger partial charge in [0.15, 0.2) is 0 Å². The fourth-order valence-corrected chi connectivity index (χ4v) is 2.95. The number of H-pyrrole nitrogens is 1. The van der Waals surface area contributed by atoms with Crippen molar-refractivity contribution in [2.75, 3.05) is 11.4 Å². The zero-order valence-electron chi connectivity index (χ0n) is 11.2. The topological polar surface area (TPSA) is 101 Å². The van der Waals surface area contributed by atoms with Crippen molar-refractivity contribution in [2.45, 2.75) is 12.5 Å². The number of anilines is 1.